The average Bonchev–Trinajstić information content (AvgIpc) is 2.83. The van der Waals surface area contributed by atoms with Gasteiger partial charge in [-0.1, -0.05) is 38.5 Å². The molecule has 4 nitrogen and oxygen atoms in total. The molecule has 2 rings (SSSR count). The van der Waals surface area contributed by atoms with Crippen molar-refractivity contribution in [2.24, 2.45) is 0 Å². The minimum absolute atomic E-state index is 0.137. The van der Waals surface area contributed by atoms with E-state index >= 15 is 0 Å². The molecule has 1 amide bonds. The summed E-state index contributed by atoms with van der Waals surface area (Å²) in [5.41, 5.74) is 0. The van der Waals surface area contributed by atoms with Gasteiger partial charge >= 0.3 is 0 Å². The Morgan fingerprint density at radius 3 is 2.30 bits per heavy atom. The predicted octanol–water partition coefficient (Wildman–Crippen LogP) is 2.37. The first kappa shape index (κ1) is 15.8. The number of rotatable bonds is 7. The molecule has 0 radical (unpaired) electrons. The van der Waals surface area contributed by atoms with Crippen LogP contribution in [0.3, 0.4) is 0 Å². The highest BCUT2D eigenvalue weighted by Gasteiger charge is 2.15. The van der Waals surface area contributed by atoms with Crippen LogP contribution in [0.4, 0.5) is 0 Å². The van der Waals surface area contributed by atoms with Crippen molar-refractivity contribution in [3.8, 4) is 0 Å². The second kappa shape index (κ2) is 9.35. The maximum absolute atomic E-state index is 11.8. The molecule has 0 bridgehead atoms. The van der Waals surface area contributed by atoms with Crippen LogP contribution in [0.1, 0.15) is 64.2 Å². The summed E-state index contributed by atoms with van der Waals surface area (Å²) in [4.78, 5) is 11.8. The normalized spacial score (nSPS) is 21.8. The Morgan fingerprint density at radius 2 is 1.60 bits per heavy atom. The van der Waals surface area contributed by atoms with Gasteiger partial charge in [0.05, 0.1) is 19.3 Å². The van der Waals surface area contributed by atoms with Crippen LogP contribution in [-0.4, -0.2) is 37.7 Å². The number of nitrogens with one attached hydrogen (secondary N) is 2. The standard InChI is InChI=1S/C16H30N2O2/c19-16(18-14-7-3-1-2-4-8-14)13-17-11-12-20-15-9-5-6-10-15/h14-15,17H,1-13H2,(H,18,19). The van der Waals surface area contributed by atoms with Crippen molar-refractivity contribution in [1.82, 2.24) is 10.6 Å². The Labute approximate surface area is 123 Å². The van der Waals surface area contributed by atoms with Crippen LogP contribution in [0.2, 0.25) is 0 Å². The minimum atomic E-state index is 0.137. The van der Waals surface area contributed by atoms with Gasteiger partial charge in [0, 0.05) is 12.6 Å². The lowest BCUT2D eigenvalue weighted by atomic mass is 10.1. The highest BCUT2D eigenvalue weighted by Crippen LogP contribution is 2.20. The van der Waals surface area contributed by atoms with E-state index in [0.29, 0.717) is 18.7 Å². The first-order valence-electron chi connectivity index (χ1n) is 8.46. The van der Waals surface area contributed by atoms with Crippen LogP contribution in [0.25, 0.3) is 0 Å². The SMILES string of the molecule is O=C(CNCCOC1CCCC1)NC1CCCCCC1. The van der Waals surface area contributed by atoms with Crippen LogP contribution in [-0.2, 0) is 9.53 Å². The lowest BCUT2D eigenvalue weighted by Crippen LogP contribution is -2.41. The first-order valence-corrected chi connectivity index (χ1v) is 8.46. The van der Waals surface area contributed by atoms with Crippen LogP contribution in [0.15, 0.2) is 0 Å². The molecule has 2 fully saturated rings. The van der Waals surface area contributed by atoms with Gasteiger partial charge in [-0.05, 0) is 25.7 Å². The molecule has 0 aliphatic heterocycles. The van der Waals surface area contributed by atoms with Crippen molar-refractivity contribution in [3.05, 3.63) is 0 Å². The Morgan fingerprint density at radius 1 is 0.950 bits per heavy atom. The summed E-state index contributed by atoms with van der Waals surface area (Å²) in [6.07, 6.45) is 13.0. The van der Waals surface area contributed by atoms with E-state index < -0.39 is 0 Å². The first-order chi connectivity index (χ1) is 9.84. The van der Waals surface area contributed by atoms with Gasteiger partial charge in [-0.2, -0.15) is 0 Å². The predicted molar refractivity (Wildman–Crippen MR) is 80.7 cm³/mol. The molecular formula is C16H30N2O2. The zero-order valence-electron chi connectivity index (χ0n) is 12.7. The second-order valence-corrected chi connectivity index (χ2v) is 6.21. The molecule has 2 aliphatic carbocycles. The number of carbonyl (C=O) groups excluding carboxylic acids is 1. The van der Waals surface area contributed by atoms with Gasteiger partial charge in [-0.3, -0.25) is 4.79 Å². The molecular weight excluding hydrogens is 252 g/mol. The molecule has 0 heterocycles. The highest BCUT2D eigenvalue weighted by molar-refractivity contribution is 5.78. The molecule has 0 saturated heterocycles. The van der Waals surface area contributed by atoms with Crippen LogP contribution in [0.5, 0.6) is 0 Å². The maximum atomic E-state index is 11.8. The topological polar surface area (TPSA) is 50.4 Å². The lowest BCUT2D eigenvalue weighted by Gasteiger charge is -2.16. The van der Waals surface area contributed by atoms with Crippen LogP contribution < -0.4 is 10.6 Å². The van der Waals surface area contributed by atoms with Gasteiger partial charge in [-0.15, -0.1) is 0 Å². The zero-order chi connectivity index (χ0) is 14.0. The zero-order valence-corrected chi connectivity index (χ0v) is 12.7. The summed E-state index contributed by atoms with van der Waals surface area (Å²) >= 11 is 0. The molecule has 2 N–H and O–H groups in total. The third kappa shape index (κ3) is 6.23. The molecule has 0 spiro atoms. The number of ether oxygens (including phenoxy) is 1. The van der Waals surface area contributed by atoms with Crippen molar-refractivity contribution in [3.63, 3.8) is 0 Å². The quantitative estimate of drug-likeness (QED) is 0.557. The minimum Gasteiger partial charge on any atom is -0.377 e. The molecule has 2 aliphatic rings. The molecule has 0 aromatic carbocycles. The highest BCUT2D eigenvalue weighted by atomic mass is 16.5. The van der Waals surface area contributed by atoms with Crippen molar-refractivity contribution < 1.29 is 9.53 Å². The van der Waals surface area contributed by atoms with E-state index in [1.807, 2.05) is 0 Å². The number of amides is 1. The van der Waals surface area contributed by atoms with Crippen LogP contribution >= 0.6 is 0 Å². The monoisotopic (exact) mass is 282 g/mol. The van der Waals surface area contributed by atoms with Gasteiger partial charge in [0.25, 0.3) is 0 Å². The largest absolute Gasteiger partial charge is 0.377 e. The second-order valence-electron chi connectivity index (χ2n) is 6.21. The molecule has 2 saturated carbocycles. The number of hydrogen-bond acceptors (Lipinski definition) is 3. The molecule has 116 valence electrons. The fraction of sp³-hybridized carbons (Fsp3) is 0.938. The van der Waals surface area contributed by atoms with E-state index in [1.54, 1.807) is 0 Å². The number of hydrogen-bond donors (Lipinski definition) is 2. The van der Waals surface area contributed by atoms with E-state index in [4.69, 9.17) is 4.74 Å². The maximum Gasteiger partial charge on any atom is 0.234 e. The van der Waals surface area contributed by atoms with Crippen molar-refractivity contribution >= 4 is 5.91 Å². The summed E-state index contributed by atoms with van der Waals surface area (Å²) in [5.74, 6) is 0.137. The van der Waals surface area contributed by atoms with Crippen molar-refractivity contribution in [2.75, 3.05) is 19.7 Å². The van der Waals surface area contributed by atoms with Crippen molar-refractivity contribution in [1.29, 1.82) is 0 Å². The van der Waals surface area contributed by atoms with E-state index in [9.17, 15) is 4.79 Å². The van der Waals surface area contributed by atoms with Gasteiger partial charge in [0.2, 0.25) is 5.91 Å². The summed E-state index contributed by atoms with van der Waals surface area (Å²) in [7, 11) is 0. The Kier molecular flexibility index (Phi) is 7.37. The molecule has 4 heteroatoms. The van der Waals surface area contributed by atoms with Crippen LogP contribution in [0, 0.1) is 0 Å². The Balaban J connectivity index is 1.46. The van der Waals surface area contributed by atoms with E-state index in [2.05, 4.69) is 10.6 Å². The number of carbonyl (C=O) groups is 1. The van der Waals surface area contributed by atoms with E-state index in [1.165, 1.54) is 51.4 Å². The Bertz CT molecular complexity index is 270. The smallest absolute Gasteiger partial charge is 0.234 e. The van der Waals surface area contributed by atoms with Gasteiger partial charge in [-0.25, -0.2) is 0 Å². The van der Waals surface area contributed by atoms with Crippen molar-refractivity contribution in [2.45, 2.75) is 76.4 Å². The summed E-state index contributed by atoms with van der Waals surface area (Å²) in [6.45, 7) is 1.92. The van der Waals surface area contributed by atoms with Gasteiger partial charge in [0.15, 0.2) is 0 Å². The fourth-order valence-corrected chi connectivity index (χ4v) is 3.26. The summed E-state index contributed by atoms with van der Waals surface area (Å²) < 4.78 is 5.76. The third-order valence-electron chi connectivity index (χ3n) is 4.44. The molecule has 0 unspecified atom stereocenters. The molecule has 0 aromatic rings. The van der Waals surface area contributed by atoms with E-state index in [-0.39, 0.29) is 5.91 Å². The fourth-order valence-electron chi connectivity index (χ4n) is 3.26. The molecule has 0 atom stereocenters. The third-order valence-corrected chi connectivity index (χ3v) is 4.44. The van der Waals surface area contributed by atoms with E-state index in [0.717, 1.165) is 26.0 Å². The summed E-state index contributed by atoms with van der Waals surface area (Å²) in [5, 5.41) is 6.33. The molecule has 20 heavy (non-hydrogen) atoms. The average molecular weight is 282 g/mol. The lowest BCUT2D eigenvalue weighted by molar-refractivity contribution is -0.121. The Hall–Kier alpha value is -0.610. The molecule has 0 aromatic heterocycles. The van der Waals surface area contributed by atoms with Gasteiger partial charge < -0.3 is 15.4 Å². The van der Waals surface area contributed by atoms with Gasteiger partial charge in [0.1, 0.15) is 0 Å². The summed E-state index contributed by atoms with van der Waals surface area (Å²) in [6, 6.07) is 0.404.